The second-order valence-electron chi connectivity index (χ2n) is 5.68. The summed E-state index contributed by atoms with van der Waals surface area (Å²) in [6.45, 7) is 0.138. The Balaban J connectivity index is 1.99. The van der Waals surface area contributed by atoms with Gasteiger partial charge in [-0.3, -0.25) is 0 Å². The molecular formula is C19H22O7. The standard InChI is InChI=1S/C19H22O7/c1-21-14-6-5-11(7-13(14)20)17-18(26-10-25-17)12-8-15(22-2)19(24-4)16(9-12)23-3/h5-9,17-18,20H,10H2,1-4H3/t17-,18-/m0/s1. The Kier molecular flexibility index (Phi) is 5.39. The molecule has 0 saturated carbocycles. The minimum atomic E-state index is -0.394. The number of aromatic hydroxyl groups is 1. The van der Waals surface area contributed by atoms with E-state index in [4.69, 9.17) is 28.4 Å². The van der Waals surface area contributed by atoms with Gasteiger partial charge in [-0.15, -0.1) is 0 Å². The molecule has 0 radical (unpaired) electrons. The zero-order valence-electron chi connectivity index (χ0n) is 15.1. The Morgan fingerprint density at radius 2 is 1.35 bits per heavy atom. The number of phenols is 1. The number of methoxy groups -OCH3 is 4. The molecular weight excluding hydrogens is 340 g/mol. The van der Waals surface area contributed by atoms with Gasteiger partial charge in [-0.1, -0.05) is 6.07 Å². The molecule has 7 heteroatoms. The smallest absolute Gasteiger partial charge is 0.203 e. The summed E-state index contributed by atoms with van der Waals surface area (Å²) >= 11 is 0. The van der Waals surface area contributed by atoms with Crippen LogP contribution in [-0.2, 0) is 9.47 Å². The van der Waals surface area contributed by atoms with Crippen molar-refractivity contribution in [2.45, 2.75) is 12.2 Å². The van der Waals surface area contributed by atoms with E-state index in [0.29, 0.717) is 23.0 Å². The Hall–Kier alpha value is -2.64. The second-order valence-corrected chi connectivity index (χ2v) is 5.68. The molecule has 7 nitrogen and oxygen atoms in total. The van der Waals surface area contributed by atoms with Gasteiger partial charge in [-0.25, -0.2) is 0 Å². The highest BCUT2D eigenvalue weighted by atomic mass is 16.7. The maximum absolute atomic E-state index is 10.1. The van der Waals surface area contributed by atoms with E-state index in [1.807, 2.05) is 18.2 Å². The first-order valence-corrected chi connectivity index (χ1v) is 8.03. The zero-order chi connectivity index (χ0) is 18.7. The average Bonchev–Trinajstić information content (AvgIpc) is 3.16. The van der Waals surface area contributed by atoms with E-state index in [1.165, 1.54) is 7.11 Å². The monoisotopic (exact) mass is 362 g/mol. The fraction of sp³-hybridized carbons (Fsp3) is 0.368. The number of phenolic OH excluding ortho intramolecular Hbond substituents is 1. The summed E-state index contributed by atoms with van der Waals surface area (Å²) < 4.78 is 32.8. The number of rotatable bonds is 6. The van der Waals surface area contributed by atoms with Crippen LogP contribution in [0, 0.1) is 0 Å². The molecule has 1 saturated heterocycles. The highest BCUT2D eigenvalue weighted by Crippen LogP contribution is 2.46. The molecule has 1 N–H and O–H groups in total. The van der Waals surface area contributed by atoms with Crippen molar-refractivity contribution in [1.82, 2.24) is 0 Å². The van der Waals surface area contributed by atoms with Gasteiger partial charge in [-0.05, 0) is 35.4 Å². The largest absolute Gasteiger partial charge is 0.504 e. The third kappa shape index (κ3) is 3.23. The molecule has 1 fully saturated rings. The topological polar surface area (TPSA) is 75.6 Å². The van der Waals surface area contributed by atoms with Crippen molar-refractivity contribution in [3.05, 3.63) is 41.5 Å². The quantitative estimate of drug-likeness (QED) is 0.845. The van der Waals surface area contributed by atoms with Crippen molar-refractivity contribution in [2.24, 2.45) is 0 Å². The molecule has 0 unspecified atom stereocenters. The highest BCUT2D eigenvalue weighted by Gasteiger charge is 2.34. The van der Waals surface area contributed by atoms with Crippen LogP contribution in [-0.4, -0.2) is 40.3 Å². The molecule has 140 valence electrons. The van der Waals surface area contributed by atoms with Gasteiger partial charge < -0.3 is 33.5 Å². The van der Waals surface area contributed by atoms with Crippen LogP contribution in [0.3, 0.4) is 0 Å². The van der Waals surface area contributed by atoms with Gasteiger partial charge in [0.05, 0.1) is 28.4 Å². The fourth-order valence-electron chi connectivity index (χ4n) is 3.05. The normalized spacial score (nSPS) is 19.2. The molecule has 3 rings (SSSR count). The molecule has 2 aromatic carbocycles. The van der Waals surface area contributed by atoms with E-state index in [0.717, 1.165) is 11.1 Å². The molecule has 26 heavy (non-hydrogen) atoms. The maximum Gasteiger partial charge on any atom is 0.203 e. The van der Waals surface area contributed by atoms with E-state index < -0.39 is 12.2 Å². The van der Waals surface area contributed by atoms with E-state index in [1.54, 1.807) is 33.5 Å². The van der Waals surface area contributed by atoms with E-state index in [-0.39, 0.29) is 12.5 Å². The molecule has 0 aromatic heterocycles. The van der Waals surface area contributed by atoms with Crippen molar-refractivity contribution in [1.29, 1.82) is 0 Å². The first-order chi connectivity index (χ1) is 12.6. The number of hydrogen-bond donors (Lipinski definition) is 1. The molecule has 2 atom stereocenters. The van der Waals surface area contributed by atoms with E-state index in [9.17, 15) is 5.11 Å². The molecule has 1 aliphatic heterocycles. The Bertz CT molecular complexity index is 749. The third-order valence-corrected chi connectivity index (χ3v) is 4.32. The molecule has 1 heterocycles. The van der Waals surface area contributed by atoms with Gasteiger partial charge in [0.15, 0.2) is 23.0 Å². The van der Waals surface area contributed by atoms with Crippen molar-refractivity contribution < 1.29 is 33.5 Å². The summed E-state index contributed by atoms with van der Waals surface area (Å²) in [5.74, 6) is 2.03. The van der Waals surface area contributed by atoms with Crippen molar-refractivity contribution >= 4 is 0 Å². The summed E-state index contributed by atoms with van der Waals surface area (Å²) in [5.41, 5.74) is 1.59. The number of benzene rings is 2. The highest BCUT2D eigenvalue weighted by molar-refractivity contribution is 5.54. The van der Waals surface area contributed by atoms with E-state index in [2.05, 4.69) is 0 Å². The second kappa shape index (κ2) is 7.72. The minimum Gasteiger partial charge on any atom is -0.504 e. The lowest BCUT2D eigenvalue weighted by Gasteiger charge is -2.21. The lowest BCUT2D eigenvalue weighted by atomic mass is 9.97. The average molecular weight is 362 g/mol. The van der Waals surface area contributed by atoms with Gasteiger partial charge >= 0.3 is 0 Å². The summed E-state index contributed by atoms with van der Waals surface area (Å²) in [5, 5.41) is 10.1. The fourth-order valence-corrected chi connectivity index (χ4v) is 3.05. The van der Waals surface area contributed by atoms with Gasteiger partial charge in [0.2, 0.25) is 5.75 Å². The van der Waals surface area contributed by atoms with Gasteiger partial charge in [0.1, 0.15) is 19.0 Å². The van der Waals surface area contributed by atoms with Crippen LogP contribution in [0.25, 0.3) is 0 Å². The van der Waals surface area contributed by atoms with Crippen LogP contribution in [0.5, 0.6) is 28.7 Å². The Labute approximate surface area is 152 Å². The summed E-state index contributed by atoms with van der Waals surface area (Å²) in [6, 6.07) is 8.80. The predicted octanol–water partition coefficient (Wildman–Crippen LogP) is 3.21. The maximum atomic E-state index is 10.1. The molecule has 0 aliphatic carbocycles. The summed E-state index contributed by atoms with van der Waals surface area (Å²) in [7, 11) is 6.18. The van der Waals surface area contributed by atoms with E-state index >= 15 is 0 Å². The van der Waals surface area contributed by atoms with Crippen molar-refractivity contribution in [2.75, 3.05) is 35.2 Å². The minimum absolute atomic E-state index is 0.0455. The van der Waals surface area contributed by atoms with Crippen LogP contribution < -0.4 is 18.9 Å². The molecule has 0 spiro atoms. The van der Waals surface area contributed by atoms with Gasteiger partial charge in [0.25, 0.3) is 0 Å². The number of ether oxygens (including phenoxy) is 6. The number of hydrogen-bond acceptors (Lipinski definition) is 7. The molecule has 0 bridgehead atoms. The summed E-state index contributed by atoms with van der Waals surface area (Å²) in [6.07, 6.45) is -0.786. The van der Waals surface area contributed by atoms with Crippen LogP contribution in [0.2, 0.25) is 0 Å². The first-order valence-electron chi connectivity index (χ1n) is 8.03. The third-order valence-electron chi connectivity index (χ3n) is 4.32. The molecule has 0 amide bonds. The van der Waals surface area contributed by atoms with Gasteiger partial charge in [0, 0.05) is 0 Å². The van der Waals surface area contributed by atoms with Crippen LogP contribution in [0.4, 0.5) is 0 Å². The van der Waals surface area contributed by atoms with Gasteiger partial charge in [-0.2, -0.15) is 0 Å². The van der Waals surface area contributed by atoms with Crippen LogP contribution in [0.15, 0.2) is 30.3 Å². The molecule has 1 aliphatic rings. The Morgan fingerprint density at radius 1 is 0.769 bits per heavy atom. The molecule has 2 aromatic rings. The Morgan fingerprint density at radius 3 is 1.85 bits per heavy atom. The lowest BCUT2D eigenvalue weighted by molar-refractivity contribution is 0.0381. The van der Waals surface area contributed by atoms with Crippen molar-refractivity contribution in [3.63, 3.8) is 0 Å². The zero-order valence-corrected chi connectivity index (χ0v) is 15.1. The summed E-state index contributed by atoms with van der Waals surface area (Å²) in [4.78, 5) is 0. The van der Waals surface area contributed by atoms with Crippen LogP contribution >= 0.6 is 0 Å². The predicted molar refractivity (Wildman–Crippen MR) is 93.3 cm³/mol. The van der Waals surface area contributed by atoms with Crippen molar-refractivity contribution in [3.8, 4) is 28.7 Å². The SMILES string of the molecule is COc1ccc([C@@H]2OCO[C@H]2c2cc(OC)c(OC)c(OC)c2)cc1O. The first kappa shape index (κ1) is 18.2. The lowest BCUT2D eigenvalue weighted by Crippen LogP contribution is -2.08. The van der Waals surface area contributed by atoms with Crippen LogP contribution in [0.1, 0.15) is 23.3 Å².